The van der Waals surface area contributed by atoms with Crippen molar-refractivity contribution < 1.29 is 0 Å². The maximum atomic E-state index is 12.8. The molecule has 0 spiro atoms. The molecule has 0 radical (unpaired) electrons. The summed E-state index contributed by atoms with van der Waals surface area (Å²) < 4.78 is 1.66. The molecule has 0 saturated carbocycles. The van der Waals surface area contributed by atoms with Crippen molar-refractivity contribution in [1.82, 2.24) is 19.7 Å². The molecule has 1 N–H and O–H groups in total. The van der Waals surface area contributed by atoms with Crippen molar-refractivity contribution in [2.45, 2.75) is 26.7 Å². The molecular weight excluding hydrogens is 395 g/mol. The van der Waals surface area contributed by atoms with Crippen LogP contribution in [0.2, 0.25) is 10.0 Å². The molecule has 0 fully saturated rings. The van der Waals surface area contributed by atoms with E-state index in [1.165, 1.54) is 0 Å². The zero-order valence-corrected chi connectivity index (χ0v) is 17.0. The van der Waals surface area contributed by atoms with Crippen molar-refractivity contribution in [3.05, 3.63) is 85.5 Å². The Morgan fingerprint density at radius 1 is 1.14 bits per heavy atom. The first kappa shape index (κ1) is 18.7. The Bertz CT molecular complexity index is 1210. The number of H-pyrrole nitrogens is 1. The maximum absolute atomic E-state index is 12.8. The summed E-state index contributed by atoms with van der Waals surface area (Å²) in [7, 11) is 0. The normalized spacial score (nSPS) is 11.3. The summed E-state index contributed by atoms with van der Waals surface area (Å²) in [5.74, 6) is 0.579. The lowest BCUT2D eigenvalue weighted by molar-refractivity contribution is 0.843. The molecule has 2 heterocycles. The van der Waals surface area contributed by atoms with Crippen LogP contribution in [0.15, 0.2) is 47.3 Å². The largest absolute Gasteiger partial charge is 0.310 e. The molecule has 4 rings (SSSR count). The van der Waals surface area contributed by atoms with Crippen LogP contribution in [0, 0.1) is 6.92 Å². The smallest absolute Gasteiger partial charge is 0.262 e. The van der Waals surface area contributed by atoms with Crippen molar-refractivity contribution in [2.75, 3.05) is 0 Å². The maximum Gasteiger partial charge on any atom is 0.262 e. The van der Waals surface area contributed by atoms with Gasteiger partial charge in [0.25, 0.3) is 5.56 Å². The number of nitrogens with one attached hydrogen (secondary N) is 1. The number of aryl methyl sites for hydroxylation is 2. The van der Waals surface area contributed by atoms with Gasteiger partial charge in [-0.25, -0.2) is 9.67 Å². The fourth-order valence-electron chi connectivity index (χ4n) is 3.38. The van der Waals surface area contributed by atoms with Crippen molar-refractivity contribution in [3.63, 3.8) is 0 Å². The van der Waals surface area contributed by atoms with Gasteiger partial charge in [-0.1, -0.05) is 60.5 Å². The van der Waals surface area contributed by atoms with Crippen LogP contribution < -0.4 is 5.56 Å². The molecule has 0 atom stereocenters. The van der Waals surface area contributed by atoms with E-state index in [-0.39, 0.29) is 5.56 Å². The van der Waals surface area contributed by atoms with E-state index in [1.54, 1.807) is 10.7 Å². The Morgan fingerprint density at radius 3 is 2.57 bits per heavy atom. The van der Waals surface area contributed by atoms with E-state index in [0.29, 0.717) is 51.1 Å². The minimum absolute atomic E-state index is 0.193. The fourth-order valence-corrected chi connectivity index (χ4v) is 4.05. The average Bonchev–Trinajstić information content (AvgIpc) is 3.01. The lowest BCUT2D eigenvalue weighted by atomic mass is 10.1. The van der Waals surface area contributed by atoms with E-state index in [4.69, 9.17) is 28.2 Å². The standard InChI is InChI=1S/C21H18Cl2N4O/c1-3-16-18-20(27(26-16)19-12(2)9-14(22)11-15(19)23)24-17(25-21(18)28)10-13-7-5-4-6-8-13/h4-9,11H,3,10H2,1-2H3,(H,24,25,28). The number of halogens is 2. The van der Waals surface area contributed by atoms with Gasteiger partial charge < -0.3 is 4.98 Å². The van der Waals surface area contributed by atoms with E-state index in [0.717, 1.165) is 11.1 Å². The molecule has 0 aliphatic carbocycles. The van der Waals surface area contributed by atoms with E-state index >= 15 is 0 Å². The quantitative estimate of drug-likeness (QED) is 0.519. The summed E-state index contributed by atoms with van der Waals surface area (Å²) in [6.45, 7) is 3.87. The lowest BCUT2D eigenvalue weighted by Crippen LogP contribution is -2.13. The number of rotatable bonds is 4. The van der Waals surface area contributed by atoms with Gasteiger partial charge in [-0.15, -0.1) is 0 Å². The molecule has 0 aliphatic rings. The predicted molar refractivity (Wildman–Crippen MR) is 113 cm³/mol. The van der Waals surface area contributed by atoms with E-state index < -0.39 is 0 Å². The molecule has 2 aromatic carbocycles. The third-order valence-corrected chi connectivity index (χ3v) is 5.15. The first-order valence-electron chi connectivity index (χ1n) is 8.98. The highest BCUT2D eigenvalue weighted by atomic mass is 35.5. The van der Waals surface area contributed by atoms with E-state index in [1.807, 2.05) is 50.2 Å². The zero-order chi connectivity index (χ0) is 19.8. The average molecular weight is 413 g/mol. The van der Waals surface area contributed by atoms with Crippen LogP contribution in [-0.2, 0) is 12.8 Å². The summed E-state index contributed by atoms with van der Waals surface area (Å²) in [5.41, 5.74) is 3.59. The molecule has 0 aliphatic heterocycles. The van der Waals surface area contributed by atoms with Gasteiger partial charge in [0, 0.05) is 11.4 Å². The second-order valence-electron chi connectivity index (χ2n) is 6.64. The molecule has 7 heteroatoms. The van der Waals surface area contributed by atoms with Gasteiger partial charge in [0.05, 0.1) is 16.4 Å². The molecule has 0 amide bonds. The molecular formula is C21H18Cl2N4O. The molecule has 0 unspecified atom stereocenters. The highest BCUT2D eigenvalue weighted by Crippen LogP contribution is 2.30. The Morgan fingerprint density at radius 2 is 1.89 bits per heavy atom. The number of benzene rings is 2. The van der Waals surface area contributed by atoms with Gasteiger partial charge in [-0.05, 0) is 36.6 Å². The van der Waals surface area contributed by atoms with E-state index in [9.17, 15) is 4.79 Å². The number of aromatic nitrogens is 4. The number of hydrogen-bond donors (Lipinski definition) is 1. The van der Waals surface area contributed by atoms with Crippen LogP contribution in [0.1, 0.15) is 29.6 Å². The Labute approximate surface area is 172 Å². The Kier molecular flexibility index (Phi) is 4.96. The molecule has 0 bridgehead atoms. The van der Waals surface area contributed by atoms with Gasteiger partial charge in [0.15, 0.2) is 5.65 Å². The summed E-state index contributed by atoms with van der Waals surface area (Å²) >= 11 is 12.6. The highest BCUT2D eigenvalue weighted by molar-refractivity contribution is 6.36. The van der Waals surface area contributed by atoms with Gasteiger partial charge in [0.2, 0.25) is 0 Å². The SMILES string of the molecule is CCc1nn(-c2c(C)cc(Cl)cc2Cl)c2nc(Cc3ccccc3)[nH]c(=O)c12. The Hall–Kier alpha value is -2.63. The third-order valence-electron chi connectivity index (χ3n) is 4.64. The van der Waals surface area contributed by atoms with Crippen LogP contribution in [0.5, 0.6) is 0 Å². The first-order chi connectivity index (χ1) is 13.5. The van der Waals surface area contributed by atoms with Gasteiger partial charge in [-0.3, -0.25) is 4.79 Å². The number of aromatic amines is 1. The van der Waals surface area contributed by atoms with Crippen molar-refractivity contribution in [1.29, 1.82) is 0 Å². The monoisotopic (exact) mass is 412 g/mol. The molecule has 28 heavy (non-hydrogen) atoms. The second kappa shape index (κ2) is 7.41. The summed E-state index contributed by atoms with van der Waals surface area (Å²) in [6, 6.07) is 13.4. The van der Waals surface area contributed by atoms with Crippen molar-refractivity contribution in [2.24, 2.45) is 0 Å². The minimum Gasteiger partial charge on any atom is -0.310 e. The molecule has 142 valence electrons. The number of fused-ring (bicyclic) bond motifs is 1. The molecule has 2 aromatic heterocycles. The van der Waals surface area contributed by atoms with Gasteiger partial charge in [0.1, 0.15) is 11.2 Å². The minimum atomic E-state index is -0.193. The van der Waals surface area contributed by atoms with E-state index in [2.05, 4.69) is 10.1 Å². The van der Waals surface area contributed by atoms with Crippen molar-refractivity contribution in [3.8, 4) is 5.69 Å². The summed E-state index contributed by atoms with van der Waals surface area (Å²) in [5, 5.41) is 6.15. The van der Waals surface area contributed by atoms with Crippen molar-refractivity contribution >= 4 is 34.2 Å². The number of hydrogen-bond acceptors (Lipinski definition) is 3. The van der Waals surface area contributed by atoms with Crippen LogP contribution in [0.3, 0.4) is 0 Å². The highest BCUT2D eigenvalue weighted by Gasteiger charge is 2.20. The predicted octanol–water partition coefficient (Wildman–Crippen LogP) is 4.88. The van der Waals surface area contributed by atoms with Gasteiger partial charge in [-0.2, -0.15) is 5.10 Å². The molecule has 0 saturated heterocycles. The Balaban J connectivity index is 1.96. The van der Waals surface area contributed by atoms with Crippen LogP contribution in [-0.4, -0.2) is 19.7 Å². The molecule has 4 aromatic rings. The topological polar surface area (TPSA) is 63.6 Å². The second-order valence-corrected chi connectivity index (χ2v) is 7.48. The summed E-state index contributed by atoms with van der Waals surface area (Å²) in [6.07, 6.45) is 1.13. The lowest BCUT2D eigenvalue weighted by Gasteiger charge is -2.10. The van der Waals surface area contributed by atoms with Crippen LogP contribution >= 0.6 is 23.2 Å². The van der Waals surface area contributed by atoms with Gasteiger partial charge >= 0.3 is 0 Å². The number of nitrogens with zero attached hydrogens (tertiary/aromatic N) is 3. The fraction of sp³-hybridized carbons (Fsp3) is 0.190. The first-order valence-corrected chi connectivity index (χ1v) is 9.74. The van der Waals surface area contributed by atoms with Crippen LogP contribution in [0.4, 0.5) is 0 Å². The zero-order valence-electron chi connectivity index (χ0n) is 15.5. The van der Waals surface area contributed by atoms with Crippen LogP contribution in [0.25, 0.3) is 16.7 Å². The summed E-state index contributed by atoms with van der Waals surface area (Å²) in [4.78, 5) is 20.5. The molecule has 5 nitrogen and oxygen atoms in total. The third kappa shape index (κ3) is 3.32.